The second kappa shape index (κ2) is 8.20. The number of hydrogen-bond donors (Lipinski definition) is 0. The molecule has 0 aliphatic carbocycles. The summed E-state index contributed by atoms with van der Waals surface area (Å²) in [6, 6.07) is 13.6. The van der Waals surface area contributed by atoms with Crippen molar-refractivity contribution in [2.24, 2.45) is 0 Å². The van der Waals surface area contributed by atoms with E-state index in [9.17, 15) is 9.59 Å². The molecule has 0 radical (unpaired) electrons. The molecule has 1 aromatic carbocycles. The quantitative estimate of drug-likeness (QED) is 0.614. The summed E-state index contributed by atoms with van der Waals surface area (Å²) in [6.45, 7) is 0.938. The smallest absolute Gasteiger partial charge is 0.320 e. The van der Waals surface area contributed by atoms with Crippen LogP contribution in [0, 0.1) is 0 Å². The lowest BCUT2D eigenvalue weighted by Gasteiger charge is -2.30. The highest BCUT2D eigenvalue weighted by molar-refractivity contribution is 8.00. The molecule has 0 unspecified atom stereocenters. The average molecular weight is 414 g/mol. The third-order valence-electron chi connectivity index (χ3n) is 4.54. The van der Waals surface area contributed by atoms with E-state index in [1.165, 1.54) is 18.9 Å². The molecule has 144 valence electrons. The van der Waals surface area contributed by atoms with E-state index in [4.69, 9.17) is 9.84 Å². The van der Waals surface area contributed by atoms with Crippen LogP contribution in [0.1, 0.15) is 10.4 Å². The first-order valence-electron chi connectivity index (χ1n) is 8.85. The average Bonchev–Trinajstić information content (AvgIpc) is 3.43. The highest BCUT2D eigenvalue weighted by atomic mass is 32.2. The molecule has 1 fully saturated rings. The number of ether oxygens (including phenoxy) is 1. The zero-order valence-corrected chi connectivity index (χ0v) is 16.9. The fourth-order valence-corrected chi connectivity index (χ4v) is 4.97. The lowest BCUT2D eigenvalue weighted by atomic mass is 10.2. The molecule has 6 nitrogen and oxygen atoms in total. The minimum absolute atomic E-state index is 0.111. The van der Waals surface area contributed by atoms with Crippen LogP contribution in [0.3, 0.4) is 0 Å². The summed E-state index contributed by atoms with van der Waals surface area (Å²) >= 11 is 3.08. The maximum absolute atomic E-state index is 13.3. The Morgan fingerprint density at radius 2 is 2.00 bits per heavy atom. The Labute approximate surface area is 171 Å². The topological polar surface area (TPSA) is 64.4 Å². The molecule has 3 heterocycles. The molecule has 1 aliphatic heterocycles. The number of para-hydroxylation sites is 1. The SMILES string of the molecule is COC(=O)[C@@H]1CN(C(=O)c2cn(-c3ccccc3)nc2-c2cccs2)CCS1. The number of rotatable bonds is 4. The van der Waals surface area contributed by atoms with E-state index in [-0.39, 0.29) is 17.1 Å². The number of carbonyl (C=O) groups is 2. The van der Waals surface area contributed by atoms with Gasteiger partial charge in [-0.2, -0.15) is 5.10 Å². The summed E-state index contributed by atoms with van der Waals surface area (Å²) in [7, 11) is 1.38. The van der Waals surface area contributed by atoms with Gasteiger partial charge in [0.1, 0.15) is 10.9 Å². The fourth-order valence-electron chi connectivity index (χ4n) is 3.12. The molecule has 8 heteroatoms. The second-order valence-corrected chi connectivity index (χ2v) is 8.54. The molecule has 0 bridgehead atoms. The van der Waals surface area contributed by atoms with Gasteiger partial charge in [-0.25, -0.2) is 4.68 Å². The summed E-state index contributed by atoms with van der Waals surface area (Å²) in [4.78, 5) is 27.9. The van der Waals surface area contributed by atoms with E-state index >= 15 is 0 Å². The highest BCUT2D eigenvalue weighted by Gasteiger charge is 2.32. The van der Waals surface area contributed by atoms with Crippen molar-refractivity contribution in [1.29, 1.82) is 0 Å². The maximum Gasteiger partial charge on any atom is 0.320 e. The Morgan fingerprint density at radius 3 is 2.71 bits per heavy atom. The van der Waals surface area contributed by atoms with E-state index in [2.05, 4.69) is 0 Å². The van der Waals surface area contributed by atoms with Gasteiger partial charge < -0.3 is 9.64 Å². The minimum Gasteiger partial charge on any atom is -0.468 e. The number of nitrogens with zero attached hydrogens (tertiary/aromatic N) is 3. The number of esters is 1. The normalized spacial score (nSPS) is 16.8. The first-order valence-corrected chi connectivity index (χ1v) is 10.8. The van der Waals surface area contributed by atoms with E-state index in [1.807, 2.05) is 47.8 Å². The summed E-state index contributed by atoms with van der Waals surface area (Å²) in [6.07, 6.45) is 1.78. The first kappa shape index (κ1) is 18.8. The van der Waals surface area contributed by atoms with Gasteiger partial charge >= 0.3 is 5.97 Å². The molecule has 3 aromatic rings. The van der Waals surface area contributed by atoms with Crippen molar-refractivity contribution >= 4 is 35.0 Å². The molecule has 1 atom stereocenters. The molecule has 0 saturated carbocycles. The number of thiophene rings is 1. The lowest BCUT2D eigenvalue weighted by Crippen LogP contribution is -2.45. The molecule has 28 heavy (non-hydrogen) atoms. The zero-order valence-electron chi connectivity index (χ0n) is 15.3. The Balaban J connectivity index is 1.69. The Kier molecular flexibility index (Phi) is 5.50. The predicted octanol–water partition coefficient (Wildman–Crippen LogP) is 3.33. The van der Waals surface area contributed by atoms with E-state index in [0.29, 0.717) is 30.1 Å². The summed E-state index contributed by atoms with van der Waals surface area (Å²) < 4.78 is 6.59. The molecule has 0 N–H and O–H groups in total. The minimum atomic E-state index is -0.350. The van der Waals surface area contributed by atoms with E-state index in [0.717, 1.165) is 10.6 Å². The van der Waals surface area contributed by atoms with Crippen molar-refractivity contribution in [2.75, 3.05) is 26.0 Å². The van der Waals surface area contributed by atoms with Crippen LogP contribution in [0.2, 0.25) is 0 Å². The number of carbonyl (C=O) groups excluding carboxylic acids is 2. The van der Waals surface area contributed by atoms with Gasteiger partial charge in [-0.1, -0.05) is 24.3 Å². The van der Waals surface area contributed by atoms with Gasteiger partial charge in [-0.3, -0.25) is 9.59 Å². The maximum atomic E-state index is 13.3. The van der Waals surface area contributed by atoms with E-state index in [1.54, 1.807) is 27.1 Å². The van der Waals surface area contributed by atoms with Crippen LogP contribution in [-0.4, -0.2) is 57.8 Å². The van der Waals surface area contributed by atoms with Gasteiger partial charge in [-0.15, -0.1) is 23.1 Å². The van der Waals surface area contributed by atoms with Crippen molar-refractivity contribution in [2.45, 2.75) is 5.25 Å². The largest absolute Gasteiger partial charge is 0.468 e. The highest BCUT2D eigenvalue weighted by Crippen LogP contribution is 2.30. The van der Waals surface area contributed by atoms with Gasteiger partial charge in [0, 0.05) is 25.0 Å². The van der Waals surface area contributed by atoms with Crippen LogP contribution in [0.4, 0.5) is 0 Å². The third kappa shape index (κ3) is 3.70. The van der Waals surface area contributed by atoms with Gasteiger partial charge in [0.2, 0.25) is 0 Å². The summed E-state index contributed by atoms with van der Waals surface area (Å²) in [5.41, 5.74) is 2.10. The predicted molar refractivity (Wildman–Crippen MR) is 111 cm³/mol. The van der Waals surface area contributed by atoms with Crippen molar-refractivity contribution in [1.82, 2.24) is 14.7 Å². The summed E-state index contributed by atoms with van der Waals surface area (Å²) in [5.74, 6) is 0.299. The van der Waals surface area contributed by atoms with Gasteiger partial charge in [0.05, 0.1) is 23.2 Å². The monoisotopic (exact) mass is 413 g/mol. The Bertz CT molecular complexity index is 970. The van der Waals surface area contributed by atoms with Crippen LogP contribution in [0.25, 0.3) is 16.3 Å². The standard InChI is InChI=1S/C20H19N3O3S2/c1-26-20(25)17-13-22(9-11-28-17)19(24)15-12-23(14-6-3-2-4-7-14)21-18(15)16-8-5-10-27-16/h2-8,10,12,17H,9,11,13H2,1H3/t17-/m0/s1. The molecule has 1 amide bonds. The first-order chi connectivity index (χ1) is 13.7. The van der Waals surface area contributed by atoms with Crippen LogP contribution in [0.5, 0.6) is 0 Å². The number of benzene rings is 1. The lowest BCUT2D eigenvalue weighted by molar-refractivity contribution is -0.140. The molecular formula is C20H19N3O3S2. The molecule has 2 aromatic heterocycles. The van der Waals surface area contributed by atoms with Crippen molar-refractivity contribution in [3.05, 3.63) is 59.6 Å². The number of aromatic nitrogens is 2. The number of thioether (sulfide) groups is 1. The third-order valence-corrected chi connectivity index (χ3v) is 6.58. The number of amides is 1. The van der Waals surface area contributed by atoms with Crippen LogP contribution in [-0.2, 0) is 9.53 Å². The van der Waals surface area contributed by atoms with E-state index < -0.39 is 0 Å². The number of hydrogen-bond acceptors (Lipinski definition) is 6. The van der Waals surface area contributed by atoms with Gasteiger partial charge in [0.15, 0.2) is 0 Å². The van der Waals surface area contributed by atoms with Gasteiger partial charge in [0.25, 0.3) is 5.91 Å². The Morgan fingerprint density at radius 1 is 1.18 bits per heavy atom. The Hall–Kier alpha value is -2.58. The van der Waals surface area contributed by atoms with Crippen molar-refractivity contribution in [3.63, 3.8) is 0 Å². The molecule has 1 saturated heterocycles. The van der Waals surface area contributed by atoms with Crippen LogP contribution < -0.4 is 0 Å². The van der Waals surface area contributed by atoms with Crippen LogP contribution in [0.15, 0.2) is 54.0 Å². The molecule has 1 aliphatic rings. The van der Waals surface area contributed by atoms with Crippen molar-refractivity contribution < 1.29 is 14.3 Å². The summed E-state index contributed by atoms with van der Waals surface area (Å²) in [5, 5.41) is 6.31. The molecular weight excluding hydrogens is 394 g/mol. The molecule has 0 spiro atoms. The fraction of sp³-hybridized carbons (Fsp3) is 0.250. The van der Waals surface area contributed by atoms with Gasteiger partial charge in [-0.05, 0) is 23.6 Å². The molecule has 4 rings (SSSR count). The van der Waals surface area contributed by atoms with Crippen LogP contribution >= 0.6 is 23.1 Å². The number of methoxy groups -OCH3 is 1. The second-order valence-electron chi connectivity index (χ2n) is 6.28. The zero-order chi connectivity index (χ0) is 19.5. The van der Waals surface area contributed by atoms with Crippen molar-refractivity contribution in [3.8, 4) is 16.3 Å².